The van der Waals surface area contributed by atoms with E-state index in [2.05, 4.69) is 36.8 Å². The zero-order valence-electron chi connectivity index (χ0n) is 9.45. The molecule has 96 valence electrons. The Balaban J connectivity index is 2.19. The van der Waals surface area contributed by atoms with Gasteiger partial charge in [0.05, 0.1) is 5.69 Å². The minimum absolute atomic E-state index is 0.527. The lowest BCUT2D eigenvalue weighted by molar-refractivity contribution is 0.620. The lowest BCUT2D eigenvalue weighted by Crippen LogP contribution is -1.89. The summed E-state index contributed by atoms with van der Waals surface area (Å²) < 4.78 is 7.28. The zero-order chi connectivity index (χ0) is 13.6. The summed E-state index contributed by atoms with van der Waals surface area (Å²) in [6.45, 7) is 0. The lowest BCUT2D eigenvalue weighted by Gasteiger charge is -2.03. The molecule has 1 aromatic heterocycles. The molecule has 2 aromatic carbocycles. The second kappa shape index (κ2) is 4.81. The van der Waals surface area contributed by atoms with Gasteiger partial charge in [0, 0.05) is 19.5 Å². The summed E-state index contributed by atoms with van der Waals surface area (Å²) in [5.74, 6) is 0.527. The third-order valence-electron chi connectivity index (χ3n) is 2.68. The van der Waals surface area contributed by atoms with E-state index in [9.17, 15) is 0 Å². The van der Waals surface area contributed by atoms with Gasteiger partial charge in [0.2, 0.25) is 5.89 Å². The summed E-state index contributed by atoms with van der Waals surface area (Å²) in [7, 11) is 0. The highest BCUT2D eigenvalue weighted by Gasteiger charge is 2.12. The Morgan fingerprint density at radius 2 is 1.79 bits per heavy atom. The number of nitrogens with two attached hydrogens (primary N) is 1. The lowest BCUT2D eigenvalue weighted by atomic mass is 10.2. The van der Waals surface area contributed by atoms with Gasteiger partial charge in [0.15, 0.2) is 5.58 Å². The number of benzene rings is 2. The largest absolute Gasteiger partial charge is 0.436 e. The molecule has 3 nitrogen and oxygen atoms in total. The van der Waals surface area contributed by atoms with Crippen molar-refractivity contribution in [1.29, 1.82) is 0 Å². The smallest absolute Gasteiger partial charge is 0.227 e. The van der Waals surface area contributed by atoms with Crippen LogP contribution in [-0.2, 0) is 0 Å². The van der Waals surface area contributed by atoms with E-state index in [0.29, 0.717) is 22.2 Å². The van der Waals surface area contributed by atoms with Crippen molar-refractivity contribution in [1.82, 2.24) is 4.98 Å². The number of oxazole rings is 1. The molecule has 0 saturated carbocycles. The number of anilines is 1. The molecule has 0 bridgehead atoms. The molecule has 0 atom stereocenters. The fourth-order valence-corrected chi connectivity index (χ4v) is 3.08. The van der Waals surface area contributed by atoms with Gasteiger partial charge >= 0.3 is 0 Å². The van der Waals surface area contributed by atoms with Crippen LogP contribution in [0.25, 0.3) is 22.6 Å². The molecule has 3 aromatic rings. The highest BCUT2D eigenvalue weighted by molar-refractivity contribution is 9.11. The second-order valence-electron chi connectivity index (χ2n) is 3.98. The first-order chi connectivity index (χ1) is 9.04. The van der Waals surface area contributed by atoms with Gasteiger partial charge in [-0.3, -0.25) is 0 Å². The molecule has 3 rings (SSSR count). The number of hydrogen-bond donors (Lipinski definition) is 1. The summed E-state index contributed by atoms with van der Waals surface area (Å²) in [5.41, 5.74) is 8.76. The van der Waals surface area contributed by atoms with Crippen LogP contribution in [0.2, 0.25) is 5.02 Å². The molecule has 0 radical (unpaired) electrons. The van der Waals surface area contributed by atoms with Gasteiger partial charge in [0.25, 0.3) is 0 Å². The van der Waals surface area contributed by atoms with Gasteiger partial charge in [-0.25, -0.2) is 4.98 Å². The van der Waals surface area contributed by atoms with Crippen molar-refractivity contribution in [2.24, 2.45) is 0 Å². The van der Waals surface area contributed by atoms with Crippen LogP contribution < -0.4 is 5.73 Å². The molecule has 0 saturated heterocycles. The number of rotatable bonds is 1. The third-order valence-corrected chi connectivity index (χ3v) is 4.22. The monoisotopic (exact) mass is 400 g/mol. The minimum Gasteiger partial charge on any atom is -0.436 e. The van der Waals surface area contributed by atoms with Crippen LogP contribution >= 0.6 is 43.5 Å². The summed E-state index contributed by atoms with van der Waals surface area (Å²) in [6, 6.07) is 9.08. The van der Waals surface area contributed by atoms with Gasteiger partial charge in [-0.2, -0.15) is 0 Å². The number of halogens is 3. The molecule has 0 amide bonds. The van der Waals surface area contributed by atoms with Crippen molar-refractivity contribution in [3.8, 4) is 11.5 Å². The number of nitrogens with zero attached hydrogens (tertiary/aromatic N) is 1. The summed E-state index contributed by atoms with van der Waals surface area (Å²) in [6.07, 6.45) is 0. The van der Waals surface area contributed by atoms with Crippen molar-refractivity contribution in [3.63, 3.8) is 0 Å². The third kappa shape index (κ3) is 2.38. The molecule has 0 spiro atoms. The van der Waals surface area contributed by atoms with Gasteiger partial charge < -0.3 is 10.2 Å². The van der Waals surface area contributed by atoms with Crippen molar-refractivity contribution < 1.29 is 4.42 Å². The van der Waals surface area contributed by atoms with Crippen LogP contribution in [0.3, 0.4) is 0 Å². The van der Waals surface area contributed by atoms with Crippen molar-refractivity contribution in [2.75, 3.05) is 5.73 Å². The van der Waals surface area contributed by atoms with Gasteiger partial charge in [-0.05, 0) is 62.2 Å². The van der Waals surface area contributed by atoms with Gasteiger partial charge in [-0.15, -0.1) is 0 Å². The van der Waals surface area contributed by atoms with E-state index in [-0.39, 0.29) is 0 Å². The molecule has 6 heteroatoms. The minimum atomic E-state index is 0.527. The van der Waals surface area contributed by atoms with E-state index in [1.807, 2.05) is 12.1 Å². The number of hydrogen-bond acceptors (Lipinski definition) is 3. The van der Waals surface area contributed by atoms with E-state index in [0.717, 1.165) is 20.0 Å². The maximum Gasteiger partial charge on any atom is 0.227 e. The first-order valence-corrected chi connectivity index (χ1v) is 7.32. The Morgan fingerprint density at radius 1 is 1.11 bits per heavy atom. The molecule has 19 heavy (non-hydrogen) atoms. The predicted octanol–water partition coefficient (Wildman–Crippen LogP) is 5.26. The van der Waals surface area contributed by atoms with Crippen LogP contribution in [-0.4, -0.2) is 4.98 Å². The highest BCUT2D eigenvalue weighted by atomic mass is 79.9. The Kier molecular flexibility index (Phi) is 3.28. The molecule has 2 N–H and O–H groups in total. The van der Waals surface area contributed by atoms with Gasteiger partial charge in [0.1, 0.15) is 5.52 Å². The van der Waals surface area contributed by atoms with Crippen LogP contribution in [0.1, 0.15) is 0 Å². The second-order valence-corrected chi connectivity index (χ2v) is 6.13. The first kappa shape index (κ1) is 13.0. The van der Waals surface area contributed by atoms with E-state index in [4.69, 9.17) is 21.8 Å². The molecular weight excluding hydrogens is 395 g/mol. The molecule has 0 unspecified atom stereocenters. The van der Waals surface area contributed by atoms with Crippen molar-refractivity contribution in [2.45, 2.75) is 0 Å². The average molecular weight is 402 g/mol. The molecule has 0 aliphatic carbocycles. The molecule has 0 aliphatic rings. The SMILES string of the molecule is Nc1c(Br)cc(-c2nc3cc(Cl)ccc3o2)cc1Br. The van der Waals surface area contributed by atoms with Crippen molar-refractivity contribution >= 4 is 60.2 Å². The predicted molar refractivity (Wildman–Crippen MR) is 84.3 cm³/mol. The Labute approximate surface area is 131 Å². The van der Waals surface area contributed by atoms with Crippen LogP contribution in [0.5, 0.6) is 0 Å². The first-order valence-electron chi connectivity index (χ1n) is 5.35. The van der Waals surface area contributed by atoms with Crippen molar-refractivity contribution in [3.05, 3.63) is 44.3 Å². The molecular formula is C13H7Br2ClN2O. The Bertz CT molecular complexity index is 762. The van der Waals surface area contributed by atoms with E-state index in [1.165, 1.54) is 0 Å². The Morgan fingerprint density at radius 3 is 2.47 bits per heavy atom. The molecule has 1 heterocycles. The van der Waals surface area contributed by atoms with E-state index >= 15 is 0 Å². The average Bonchev–Trinajstić information content (AvgIpc) is 2.78. The number of nitrogen functional groups attached to an aromatic ring is 1. The van der Waals surface area contributed by atoms with Gasteiger partial charge in [-0.1, -0.05) is 11.6 Å². The Hall–Kier alpha value is -1.04. The number of aromatic nitrogens is 1. The van der Waals surface area contributed by atoms with Crippen LogP contribution in [0, 0.1) is 0 Å². The van der Waals surface area contributed by atoms with Crippen LogP contribution in [0.4, 0.5) is 5.69 Å². The highest BCUT2D eigenvalue weighted by Crippen LogP contribution is 2.35. The maximum atomic E-state index is 5.93. The van der Waals surface area contributed by atoms with E-state index < -0.39 is 0 Å². The van der Waals surface area contributed by atoms with Crippen LogP contribution in [0.15, 0.2) is 43.7 Å². The normalized spacial score (nSPS) is 11.1. The fraction of sp³-hybridized carbons (Fsp3) is 0. The zero-order valence-corrected chi connectivity index (χ0v) is 13.4. The standard InChI is InChI=1S/C13H7Br2ClN2O/c14-8-3-6(4-9(15)12(8)17)13-18-10-5-7(16)1-2-11(10)19-13/h1-5H,17H2. The maximum absolute atomic E-state index is 5.93. The summed E-state index contributed by atoms with van der Waals surface area (Å²) >= 11 is 12.7. The molecule has 0 aliphatic heterocycles. The molecule has 0 fully saturated rings. The quantitative estimate of drug-likeness (QED) is 0.565. The summed E-state index contributed by atoms with van der Waals surface area (Å²) in [5, 5.41) is 0.631. The topological polar surface area (TPSA) is 52.0 Å². The van der Waals surface area contributed by atoms with E-state index in [1.54, 1.807) is 18.2 Å². The summed E-state index contributed by atoms with van der Waals surface area (Å²) in [4.78, 5) is 4.42. The fourth-order valence-electron chi connectivity index (χ4n) is 1.73. The number of fused-ring (bicyclic) bond motifs is 1.